The second-order valence-electron chi connectivity index (χ2n) is 8.75. The monoisotopic (exact) mass is 416 g/mol. The molecule has 1 aliphatic heterocycles. The van der Waals surface area contributed by atoms with Crippen molar-refractivity contribution in [3.05, 3.63) is 60.9 Å². The summed E-state index contributed by atoms with van der Waals surface area (Å²) >= 11 is 0. The molecule has 0 N–H and O–H groups in total. The van der Waals surface area contributed by atoms with Crippen LogP contribution >= 0.6 is 0 Å². The van der Waals surface area contributed by atoms with E-state index in [1.165, 1.54) is 0 Å². The fourth-order valence-electron chi connectivity index (χ4n) is 3.73. The highest BCUT2D eigenvalue weighted by atomic mass is 16.7. The molecule has 0 aliphatic carbocycles. The number of hydrogen-bond acceptors (Lipinski definition) is 5. The molecule has 0 radical (unpaired) electrons. The van der Waals surface area contributed by atoms with Gasteiger partial charge in [-0.3, -0.25) is 0 Å². The Hall–Kier alpha value is -3.10. The minimum Gasteiger partial charge on any atom is -0.478 e. The summed E-state index contributed by atoms with van der Waals surface area (Å²) in [5, 5.41) is 10.3. The molecule has 7 nitrogen and oxygen atoms in total. The van der Waals surface area contributed by atoms with E-state index in [1.54, 1.807) is 16.5 Å². The van der Waals surface area contributed by atoms with Crippen LogP contribution in [-0.4, -0.2) is 45.0 Å². The summed E-state index contributed by atoms with van der Waals surface area (Å²) in [7, 11) is 1.15. The molecule has 0 atom stereocenters. The van der Waals surface area contributed by atoms with Crippen molar-refractivity contribution >= 4 is 23.5 Å². The van der Waals surface area contributed by atoms with Crippen molar-refractivity contribution < 1.29 is 14.0 Å². The maximum atomic E-state index is 6.28. The van der Waals surface area contributed by atoms with Crippen molar-refractivity contribution in [2.75, 3.05) is 7.11 Å². The van der Waals surface area contributed by atoms with E-state index in [0.29, 0.717) is 5.88 Å². The van der Waals surface area contributed by atoms with Crippen molar-refractivity contribution in [3.63, 3.8) is 0 Å². The zero-order valence-electron chi connectivity index (χ0n) is 18.4. The third kappa shape index (κ3) is 3.23. The molecule has 0 unspecified atom stereocenters. The number of methoxy groups -OCH3 is 1. The summed E-state index contributed by atoms with van der Waals surface area (Å²) < 4.78 is 21.7. The van der Waals surface area contributed by atoms with Crippen LogP contribution in [0.3, 0.4) is 0 Å². The maximum Gasteiger partial charge on any atom is 0.495 e. The number of para-hydroxylation sites is 1. The molecular weight excluding hydrogens is 391 g/mol. The van der Waals surface area contributed by atoms with E-state index in [1.807, 2.05) is 60.9 Å². The molecule has 1 fully saturated rings. The van der Waals surface area contributed by atoms with Gasteiger partial charge in [0.2, 0.25) is 0 Å². The van der Waals surface area contributed by atoms with E-state index >= 15 is 0 Å². The fourth-order valence-corrected chi connectivity index (χ4v) is 3.73. The lowest BCUT2D eigenvalue weighted by atomic mass is 9.77. The van der Waals surface area contributed by atoms with Gasteiger partial charge in [0, 0.05) is 11.6 Å². The van der Waals surface area contributed by atoms with Crippen molar-refractivity contribution in [3.8, 4) is 17.3 Å². The van der Waals surface area contributed by atoms with E-state index in [2.05, 4.69) is 32.8 Å². The largest absolute Gasteiger partial charge is 0.495 e. The number of nitrogens with zero attached hydrogens (tertiary/aromatic N) is 4. The van der Waals surface area contributed by atoms with Crippen molar-refractivity contribution in [1.29, 1.82) is 0 Å². The van der Waals surface area contributed by atoms with Gasteiger partial charge < -0.3 is 14.0 Å². The van der Waals surface area contributed by atoms with Gasteiger partial charge in [-0.2, -0.15) is 5.10 Å². The molecule has 0 spiro atoms. The summed E-state index contributed by atoms with van der Waals surface area (Å²) in [5.74, 6) is 0.494. The lowest BCUT2D eigenvalue weighted by Gasteiger charge is -2.32. The molecule has 5 rings (SSSR count). The summed E-state index contributed by atoms with van der Waals surface area (Å²) in [6.07, 6.45) is 3.89. The average molecular weight is 416 g/mol. The highest BCUT2D eigenvalue weighted by Gasteiger charge is 2.52. The van der Waals surface area contributed by atoms with Gasteiger partial charge in [-0.15, -0.1) is 5.10 Å². The second-order valence-corrected chi connectivity index (χ2v) is 8.75. The van der Waals surface area contributed by atoms with Crippen molar-refractivity contribution in [2.45, 2.75) is 38.9 Å². The average Bonchev–Trinajstić information content (AvgIpc) is 3.42. The molecule has 1 saturated heterocycles. The molecule has 0 amide bonds. The van der Waals surface area contributed by atoms with Crippen LogP contribution in [0.1, 0.15) is 27.7 Å². The molecular formula is C23H25BN4O3. The van der Waals surface area contributed by atoms with E-state index in [-0.39, 0.29) is 0 Å². The van der Waals surface area contributed by atoms with Crippen molar-refractivity contribution in [2.24, 2.45) is 0 Å². The predicted octanol–water partition coefficient (Wildman–Crippen LogP) is 3.52. The van der Waals surface area contributed by atoms with E-state index < -0.39 is 18.3 Å². The van der Waals surface area contributed by atoms with E-state index in [4.69, 9.17) is 19.1 Å². The Morgan fingerprint density at radius 1 is 0.839 bits per heavy atom. The molecule has 3 heterocycles. The smallest absolute Gasteiger partial charge is 0.478 e. The van der Waals surface area contributed by atoms with Crippen LogP contribution in [0, 0.1) is 0 Å². The Labute approximate surface area is 181 Å². The first-order chi connectivity index (χ1) is 14.8. The normalized spacial score (nSPS) is 17.4. The molecule has 2 aromatic carbocycles. The summed E-state index contributed by atoms with van der Waals surface area (Å²) in [6, 6.07) is 15.9. The first-order valence-corrected chi connectivity index (χ1v) is 10.3. The molecule has 8 heteroatoms. The molecule has 2 aromatic heterocycles. The number of aromatic nitrogens is 4. The van der Waals surface area contributed by atoms with Gasteiger partial charge in [0.15, 0.2) is 0 Å². The number of benzene rings is 2. The number of rotatable bonds is 4. The van der Waals surface area contributed by atoms with Crippen LogP contribution in [0.25, 0.3) is 22.3 Å². The minimum absolute atomic E-state index is 0.407. The lowest BCUT2D eigenvalue weighted by molar-refractivity contribution is 0.00578. The zero-order chi connectivity index (χ0) is 21.8. The number of fused-ring (bicyclic) bond motifs is 1. The van der Waals surface area contributed by atoms with Crippen LogP contribution < -0.4 is 10.2 Å². The molecule has 1 aliphatic rings. The highest BCUT2D eigenvalue weighted by Crippen LogP contribution is 2.37. The van der Waals surface area contributed by atoms with Gasteiger partial charge in [0.05, 0.1) is 35.7 Å². The van der Waals surface area contributed by atoms with E-state index in [0.717, 1.165) is 27.7 Å². The maximum absolute atomic E-state index is 6.28. The number of ether oxygens (including phenoxy) is 1. The van der Waals surface area contributed by atoms with Crippen molar-refractivity contribution in [1.82, 2.24) is 19.6 Å². The predicted molar refractivity (Wildman–Crippen MR) is 120 cm³/mol. The van der Waals surface area contributed by atoms with Crippen LogP contribution in [0.2, 0.25) is 0 Å². The standard InChI is InChI=1S/C23H25BN4O3/c1-22(2)23(3,4)31-24(30-22)18-12-9-13-19-17(18)14-28(25-19)20-15-27(26-21(20)29-5)16-10-7-6-8-11-16/h6-15H,1-5H3. The van der Waals surface area contributed by atoms with E-state index in [9.17, 15) is 0 Å². The third-order valence-corrected chi connectivity index (χ3v) is 6.21. The summed E-state index contributed by atoms with van der Waals surface area (Å²) in [6.45, 7) is 8.22. The third-order valence-electron chi connectivity index (χ3n) is 6.21. The quantitative estimate of drug-likeness (QED) is 0.477. The molecule has 4 aromatic rings. The SMILES string of the molecule is COc1nn(-c2ccccc2)cc1-n1cc2c(B3OC(C)(C)C(C)(C)O3)cccc2n1. The van der Waals surface area contributed by atoms with Gasteiger partial charge in [0.25, 0.3) is 5.88 Å². The Balaban J connectivity index is 1.58. The van der Waals surface area contributed by atoms with Gasteiger partial charge >= 0.3 is 7.12 Å². The van der Waals surface area contributed by atoms with Gasteiger partial charge in [-0.1, -0.05) is 30.3 Å². The zero-order valence-corrected chi connectivity index (χ0v) is 18.4. The number of hydrogen-bond donors (Lipinski definition) is 0. The van der Waals surface area contributed by atoms with Gasteiger partial charge in [0.1, 0.15) is 5.69 Å². The van der Waals surface area contributed by atoms with Gasteiger partial charge in [-0.25, -0.2) is 9.36 Å². The Bertz CT molecular complexity index is 1230. The molecule has 0 bridgehead atoms. The highest BCUT2D eigenvalue weighted by molar-refractivity contribution is 6.65. The Morgan fingerprint density at radius 3 is 2.23 bits per heavy atom. The summed E-state index contributed by atoms with van der Waals surface area (Å²) in [4.78, 5) is 0. The van der Waals surface area contributed by atoms with Crippen LogP contribution in [0.4, 0.5) is 0 Å². The first-order valence-electron chi connectivity index (χ1n) is 10.3. The van der Waals surface area contributed by atoms with Crippen LogP contribution in [-0.2, 0) is 9.31 Å². The topological polar surface area (TPSA) is 63.3 Å². The second kappa shape index (κ2) is 6.97. The van der Waals surface area contributed by atoms with Crippen LogP contribution in [0.15, 0.2) is 60.9 Å². The molecule has 0 saturated carbocycles. The fraction of sp³-hybridized carbons (Fsp3) is 0.304. The van der Waals surface area contributed by atoms with Crippen LogP contribution in [0.5, 0.6) is 5.88 Å². The summed E-state index contributed by atoms with van der Waals surface area (Å²) in [5.41, 5.74) is 2.69. The lowest BCUT2D eigenvalue weighted by Crippen LogP contribution is -2.41. The molecule has 31 heavy (non-hydrogen) atoms. The first kappa shape index (κ1) is 19.8. The molecule has 158 valence electrons. The Morgan fingerprint density at radius 2 is 1.55 bits per heavy atom. The van der Waals surface area contributed by atoms with Gasteiger partial charge in [-0.05, 0) is 51.4 Å². The Kier molecular flexibility index (Phi) is 4.46. The minimum atomic E-state index is -0.458.